The third kappa shape index (κ3) is 4.40. The molecule has 0 aromatic heterocycles. The maximum Gasteiger partial charge on any atom is 0.123 e. The van der Waals surface area contributed by atoms with Crippen LogP contribution in [-0.4, -0.2) is 13.3 Å². The first-order valence-electron chi connectivity index (χ1n) is 5.75. The van der Waals surface area contributed by atoms with Crippen LogP contribution in [0.4, 0.5) is 0 Å². The lowest BCUT2D eigenvalue weighted by atomic mass is 9.87. The minimum Gasteiger partial charge on any atom is -0.344 e. The lowest BCUT2D eigenvalue weighted by Crippen LogP contribution is -2.10. The molecule has 0 saturated heterocycles. The smallest absolute Gasteiger partial charge is 0.123 e. The Morgan fingerprint density at radius 1 is 1.24 bits per heavy atom. The van der Waals surface area contributed by atoms with E-state index in [1.165, 1.54) is 10.5 Å². The van der Waals surface area contributed by atoms with Crippen molar-refractivity contribution in [1.82, 2.24) is 0 Å². The highest BCUT2D eigenvalue weighted by Gasteiger charge is 2.17. The van der Waals surface area contributed by atoms with E-state index < -0.39 is 5.47 Å². The summed E-state index contributed by atoms with van der Waals surface area (Å²) in [4.78, 5) is 1.21. The molecule has 0 aliphatic carbocycles. The molecule has 0 aliphatic rings. The quantitative estimate of drug-likeness (QED) is 0.717. The summed E-state index contributed by atoms with van der Waals surface area (Å²) in [5, 5.41) is 0. The molecule has 0 saturated carbocycles. The Hall–Kier alpha value is 0.180. The maximum atomic E-state index is 5.54. The molecule has 1 rings (SSSR count). The Bertz CT molecular complexity index is 398. The summed E-state index contributed by atoms with van der Waals surface area (Å²) < 4.78 is 5.48. The van der Waals surface area contributed by atoms with Gasteiger partial charge in [0.15, 0.2) is 0 Å². The van der Waals surface area contributed by atoms with Gasteiger partial charge in [0.2, 0.25) is 0 Å². The largest absolute Gasteiger partial charge is 0.344 e. The Labute approximate surface area is 114 Å². The van der Waals surface area contributed by atoms with Crippen LogP contribution in [0.5, 0.6) is 0 Å². The van der Waals surface area contributed by atoms with E-state index >= 15 is 0 Å². The summed E-state index contributed by atoms with van der Waals surface area (Å²) in [6, 6.07) is 8.68. The van der Waals surface area contributed by atoms with E-state index in [1.54, 1.807) is 18.5 Å². The van der Waals surface area contributed by atoms with Gasteiger partial charge in [-0.3, -0.25) is 0 Å². The van der Waals surface area contributed by atoms with Gasteiger partial charge in [-0.25, -0.2) is 0 Å². The SMILES string of the molecule is CCP(=S)(OC)Sc1ccc(C(C)(C)C)cc1. The molecule has 1 nitrogen and oxygen atoms in total. The second-order valence-corrected chi connectivity index (χ2v) is 12.6. The fraction of sp³-hybridized carbons (Fsp3) is 0.538. The van der Waals surface area contributed by atoms with Crippen molar-refractivity contribution >= 4 is 28.7 Å². The van der Waals surface area contributed by atoms with Gasteiger partial charge in [0, 0.05) is 18.2 Å². The molecule has 4 heteroatoms. The number of benzene rings is 1. The lowest BCUT2D eigenvalue weighted by Gasteiger charge is -2.20. The summed E-state index contributed by atoms with van der Waals surface area (Å²) >= 11 is 7.26. The zero-order chi connectivity index (χ0) is 13.1. The zero-order valence-corrected chi connectivity index (χ0v) is 13.7. The molecule has 1 atom stereocenters. The average Bonchev–Trinajstić information content (AvgIpc) is 2.28. The molecule has 17 heavy (non-hydrogen) atoms. The molecule has 1 unspecified atom stereocenters. The van der Waals surface area contributed by atoms with Gasteiger partial charge < -0.3 is 4.52 Å². The van der Waals surface area contributed by atoms with Crippen molar-refractivity contribution in [3.8, 4) is 0 Å². The summed E-state index contributed by atoms with van der Waals surface area (Å²) in [6.45, 7) is 8.77. The lowest BCUT2D eigenvalue weighted by molar-refractivity contribution is 0.471. The van der Waals surface area contributed by atoms with Gasteiger partial charge in [-0.05, 0) is 23.1 Å². The van der Waals surface area contributed by atoms with Crippen LogP contribution in [0.15, 0.2) is 29.2 Å². The fourth-order valence-corrected chi connectivity index (χ4v) is 5.16. The van der Waals surface area contributed by atoms with Crippen LogP contribution in [0, 0.1) is 0 Å². The molecule has 0 amide bonds. The summed E-state index contributed by atoms with van der Waals surface area (Å²) in [5.41, 5.74) is -0.154. The van der Waals surface area contributed by atoms with Gasteiger partial charge in [-0.2, -0.15) is 0 Å². The highest BCUT2D eigenvalue weighted by molar-refractivity contribution is 8.69. The summed E-state index contributed by atoms with van der Waals surface area (Å²) in [7, 11) is 1.72. The molecule has 0 heterocycles. The van der Waals surface area contributed by atoms with Crippen LogP contribution >= 0.6 is 16.8 Å². The van der Waals surface area contributed by atoms with Crippen molar-refractivity contribution in [2.24, 2.45) is 0 Å². The zero-order valence-electron chi connectivity index (χ0n) is 11.2. The minimum absolute atomic E-state index is 0.204. The van der Waals surface area contributed by atoms with E-state index in [0.717, 1.165) is 6.16 Å². The molecule has 96 valence electrons. The molecular weight excluding hydrogens is 267 g/mol. The second-order valence-electron chi connectivity index (χ2n) is 4.98. The Kier molecular flexibility index (Phi) is 5.27. The van der Waals surface area contributed by atoms with Crippen molar-refractivity contribution in [2.75, 3.05) is 13.3 Å². The maximum absolute atomic E-state index is 5.54. The van der Waals surface area contributed by atoms with E-state index in [9.17, 15) is 0 Å². The van der Waals surface area contributed by atoms with Crippen LogP contribution in [-0.2, 0) is 21.7 Å². The normalized spacial score (nSPS) is 15.6. The molecule has 0 bridgehead atoms. The van der Waals surface area contributed by atoms with Crippen LogP contribution in [0.1, 0.15) is 33.3 Å². The first-order chi connectivity index (χ1) is 7.80. The van der Waals surface area contributed by atoms with E-state index in [2.05, 4.69) is 52.0 Å². The van der Waals surface area contributed by atoms with Crippen molar-refractivity contribution in [3.63, 3.8) is 0 Å². The third-order valence-electron chi connectivity index (χ3n) is 2.63. The molecule has 1 aromatic carbocycles. The van der Waals surface area contributed by atoms with E-state index in [-0.39, 0.29) is 5.41 Å². The van der Waals surface area contributed by atoms with E-state index in [4.69, 9.17) is 16.3 Å². The molecule has 0 spiro atoms. The van der Waals surface area contributed by atoms with Gasteiger partial charge in [-0.15, -0.1) is 0 Å². The van der Waals surface area contributed by atoms with Crippen LogP contribution < -0.4 is 0 Å². The molecule has 1 aromatic rings. The first kappa shape index (κ1) is 15.2. The fourth-order valence-electron chi connectivity index (χ4n) is 1.41. The van der Waals surface area contributed by atoms with E-state index in [0.29, 0.717) is 0 Å². The number of hydrogen-bond donors (Lipinski definition) is 0. The predicted octanol–water partition coefficient (Wildman–Crippen LogP) is 5.05. The molecule has 0 fully saturated rings. The van der Waals surface area contributed by atoms with Gasteiger partial charge in [0.25, 0.3) is 0 Å². The minimum atomic E-state index is -1.71. The van der Waals surface area contributed by atoms with Gasteiger partial charge in [-0.1, -0.05) is 63.0 Å². The molecular formula is C13H21OPS2. The summed E-state index contributed by atoms with van der Waals surface area (Å²) in [6.07, 6.45) is 0.921. The van der Waals surface area contributed by atoms with Crippen LogP contribution in [0.3, 0.4) is 0 Å². The van der Waals surface area contributed by atoms with Gasteiger partial charge in [0.05, 0.1) is 0 Å². The first-order valence-corrected chi connectivity index (χ1v) is 10.1. The highest BCUT2D eigenvalue weighted by atomic mass is 32.9. The van der Waals surface area contributed by atoms with Crippen LogP contribution in [0.2, 0.25) is 0 Å². The standard InChI is InChI=1S/C13H21OPS2/c1-6-15(16,14-5)17-12-9-7-11(8-10-12)13(2,3)4/h7-10H,6H2,1-5H3. The molecule has 0 radical (unpaired) electrons. The highest BCUT2D eigenvalue weighted by Crippen LogP contribution is 2.62. The summed E-state index contributed by atoms with van der Waals surface area (Å²) in [5.74, 6) is 0. The van der Waals surface area contributed by atoms with Crippen molar-refractivity contribution in [3.05, 3.63) is 29.8 Å². The molecule has 0 N–H and O–H groups in total. The van der Waals surface area contributed by atoms with Crippen molar-refractivity contribution < 1.29 is 4.52 Å². The predicted molar refractivity (Wildman–Crippen MR) is 82.8 cm³/mol. The van der Waals surface area contributed by atoms with E-state index in [1.807, 2.05) is 0 Å². The Morgan fingerprint density at radius 2 is 1.76 bits per heavy atom. The number of hydrogen-bond acceptors (Lipinski definition) is 3. The van der Waals surface area contributed by atoms with Gasteiger partial charge in [0.1, 0.15) is 5.47 Å². The topological polar surface area (TPSA) is 9.23 Å². The second kappa shape index (κ2) is 5.88. The Morgan fingerprint density at radius 3 is 2.12 bits per heavy atom. The van der Waals surface area contributed by atoms with Crippen LogP contribution in [0.25, 0.3) is 0 Å². The third-order valence-corrected chi connectivity index (χ3v) is 9.30. The number of rotatable bonds is 4. The Balaban J connectivity index is 2.86. The monoisotopic (exact) mass is 288 g/mol. The van der Waals surface area contributed by atoms with Crippen molar-refractivity contribution in [2.45, 2.75) is 38.0 Å². The molecule has 0 aliphatic heterocycles. The van der Waals surface area contributed by atoms with Crippen molar-refractivity contribution in [1.29, 1.82) is 0 Å². The van der Waals surface area contributed by atoms with Gasteiger partial charge >= 0.3 is 0 Å². The average molecular weight is 288 g/mol.